The first-order valence-electron chi connectivity index (χ1n) is 6.09. The third-order valence-electron chi connectivity index (χ3n) is 2.56. The van der Waals surface area contributed by atoms with Gasteiger partial charge in [0.05, 0.1) is 0 Å². The number of hydrogen-bond donors (Lipinski definition) is 3. The molecule has 0 aliphatic heterocycles. The van der Waals surface area contributed by atoms with Crippen LogP contribution in [0.4, 0.5) is 5.69 Å². The van der Waals surface area contributed by atoms with Crippen LogP contribution in [-0.2, 0) is 4.79 Å². The maximum atomic E-state index is 11.8. The average Bonchev–Trinajstić information content (AvgIpc) is 2.35. The molecule has 0 fully saturated rings. The fourth-order valence-corrected chi connectivity index (χ4v) is 1.90. The number of rotatable bonds is 6. The van der Waals surface area contributed by atoms with Gasteiger partial charge >= 0.3 is 0 Å². The highest BCUT2D eigenvalue weighted by Crippen LogP contribution is 2.21. The van der Waals surface area contributed by atoms with Crippen LogP contribution in [0.1, 0.15) is 25.8 Å². The molecule has 6 heteroatoms. The van der Waals surface area contributed by atoms with E-state index in [0.717, 1.165) is 6.42 Å². The lowest BCUT2D eigenvalue weighted by molar-refractivity contribution is -0.121. The van der Waals surface area contributed by atoms with Gasteiger partial charge < -0.3 is 16.4 Å². The van der Waals surface area contributed by atoms with Gasteiger partial charge in [0.25, 0.3) is 0 Å². The molecule has 0 radical (unpaired) electrons. The molecular weight excluding hydrogens is 282 g/mol. The monoisotopic (exact) mass is 299 g/mol. The van der Waals surface area contributed by atoms with Gasteiger partial charge in [-0.1, -0.05) is 30.7 Å². The van der Waals surface area contributed by atoms with Crippen molar-refractivity contribution in [1.29, 1.82) is 0 Å². The Labute approximate surface area is 123 Å². The molecule has 4 N–H and O–H groups in total. The highest BCUT2D eigenvalue weighted by Gasteiger charge is 2.14. The molecule has 0 aliphatic rings. The molecule has 1 rings (SSSR count). The van der Waals surface area contributed by atoms with Gasteiger partial charge in [-0.25, -0.2) is 0 Å². The van der Waals surface area contributed by atoms with Gasteiger partial charge in [0, 0.05) is 22.8 Å². The van der Waals surface area contributed by atoms with E-state index < -0.39 is 6.04 Å². The number of hydrogen-bond acceptors (Lipinski definition) is 3. The molecular formula is C13H18ClN3OS. The zero-order chi connectivity index (χ0) is 14.4. The van der Waals surface area contributed by atoms with Crippen molar-refractivity contribution in [2.75, 3.05) is 11.9 Å². The van der Waals surface area contributed by atoms with Crippen molar-refractivity contribution in [2.24, 2.45) is 5.73 Å². The molecule has 104 valence electrons. The first kappa shape index (κ1) is 15.7. The van der Waals surface area contributed by atoms with Crippen molar-refractivity contribution in [2.45, 2.75) is 26.3 Å². The highest BCUT2D eigenvalue weighted by molar-refractivity contribution is 7.80. The number of benzene rings is 1. The Morgan fingerprint density at radius 3 is 2.79 bits per heavy atom. The van der Waals surface area contributed by atoms with Crippen LogP contribution in [0.15, 0.2) is 18.2 Å². The second-order valence-electron chi connectivity index (χ2n) is 4.21. The number of amides is 1. The molecule has 0 saturated carbocycles. The summed E-state index contributed by atoms with van der Waals surface area (Å²) >= 11 is 10.9. The average molecular weight is 300 g/mol. The summed E-state index contributed by atoms with van der Waals surface area (Å²) in [6.07, 6.45) is 0.897. The van der Waals surface area contributed by atoms with Gasteiger partial charge in [-0.3, -0.25) is 4.79 Å². The minimum Gasteiger partial charge on any atom is -0.389 e. The molecule has 0 saturated heterocycles. The summed E-state index contributed by atoms with van der Waals surface area (Å²) in [5.74, 6) is -0.0734. The van der Waals surface area contributed by atoms with Gasteiger partial charge in [0.1, 0.15) is 11.0 Å². The summed E-state index contributed by atoms with van der Waals surface area (Å²) in [4.78, 5) is 12.1. The number of thiocarbonyl (C=S) groups is 1. The Kier molecular flexibility index (Phi) is 6.05. The summed E-state index contributed by atoms with van der Waals surface area (Å²) in [5.41, 5.74) is 6.99. The van der Waals surface area contributed by atoms with Crippen LogP contribution < -0.4 is 16.4 Å². The smallest absolute Gasteiger partial charge is 0.242 e. The Balaban J connectivity index is 2.83. The fraction of sp³-hybridized carbons (Fsp3) is 0.385. The number of halogens is 1. The molecule has 4 nitrogen and oxygen atoms in total. The van der Waals surface area contributed by atoms with Crippen molar-refractivity contribution >= 4 is 40.4 Å². The maximum Gasteiger partial charge on any atom is 0.242 e. The quantitative estimate of drug-likeness (QED) is 0.705. The molecule has 0 aromatic heterocycles. The van der Waals surface area contributed by atoms with Crippen LogP contribution in [0.3, 0.4) is 0 Å². The van der Waals surface area contributed by atoms with Crippen molar-refractivity contribution in [3.8, 4) is 0 Å². The molecule has 0 spiro atoms. The van der Waals surface area contributed by atoms with Gasteiger partial charge in [0.15, 0.2) is 0 Å². The summed E-state index contributed by atoms with van der Waals surface area (Å²) in [5, 5.41) is 6.45. The SMILES string of the molecule is CCCNC(=O)C(C)Nc1cc(Cl)ccc1C(N)=S. The lowest BCUT2D eigenvalue weighted by Crippen LogP contribution is -2.38. The Morgan fingerprint density at radius 1 is 1.53 bits per heavy atom. The van der Waals surface area contributed by atoms with Gasteiger partial charge in [0.2, 0.25) is 5.91 Å². The van der Waals surface area contributed by atoms with Crippen LogP contribution >= 0.6 is 23.8 Å². The Bertz CT molecular complexity index is 479. The molecule has 0 heterocycles. The van der Waals surface area contributed by atoms with E-state index in [1.165, 1.54) is 0 Å². The highest BCUT2D eigenvalue weighted by atomic mass is 35.5. The molecule has 1 aromatic carbocycles. The zero-order valence-electron chi connectivity index (χ0n) is 11.0. The lowest BCUT2D eigenvalue weighted by Gasteiger charge is -2.17. The van der Waals surface area contributed by atoms with E-state index in [2.05, 4.69) is 10.6 Å². The first-order valence-corrected chi connectivity index (χ1v) is 6.88. The van der Waals surface area contributed by atoms with Crippen LogP contribution in [-0.4, -0.2) is 23.5 Å². The Morgan fingerprint density at radius 2 is 2.21 bits per heavy atom. The van der Waals surface area contributed by atoms with Crippen LogP contribution in [0.25, 0.3) is 0 Å². The van der Waals surface area contributed by atoms with E-state index in [9.17, 15) is 4.79 Å². The van der Waals surface area contributed by atoms with Crippen LogP contribution in [0.2, 0.25) is 5.02 Å². The van der Waals surface area contributed by atoms with Gasteiger partial charge in [-0.2, -0.15) is 0 Å². The summed E-state index contributed by atoms with van der Waals surface area (Å²) in [7, 11) is 0. The minimum absolute atomic E-state index is 0.0734. The molecule has 1 unspecified atom stereocenters. The van der Waals surface area contributed by atoms with Crippen LogP contribution in [0.5, 0.6) is 0 Å². The van der Waals surface area contributed by atoms with E-state index in [0.29, 0.717) is 22.8 Å². The van der Waals surface area contributed by atoms with E-state index in [1.807, 2.05) is 6.92 Å². The third-order valence-corrected chi connectivity index (χ3v) is 3.02. The summed E-state index contributed by atoms with van der Waals surface area (Å²) in [6, 6.07) is 4.77. The number of nitrogens with one attached hydrogen (secondary N) is 2. The van der Waals surface area contributed by atoms with Gasteiger partial charge in [-0.15, -0.1) is 0 Å². The summed E-state index contributed by atoms with van der Waals surface area (Å²) < 4.78 is 0. The standard InChI is InChI=1S/C13H18ClN3OS/c1-3-6-16-13(18)8(2)17-11-7-9(14)4-5-10(11)12(15)19/h4-5,7-8,17H,3,6H2,1-2H3,(H2,15,19)(H,16,18). The molecule has 19 heavy (non-hydrogen) atoms. The Hall–Kier alpha value is -1.33. The van der Waals surface area contributed by atoms with Crippen molar-refractivity contribution in [1.82, 2.24) is 5.32 Å². The topological polar surface area (TPSA) is 67.2 Å². The second kappa shape index (κ2) is 7.31. The largest absolute Gasteiger partial charge is 0.389 e. The third kappa shape index (κ3) is 4.69. The molecule has 1 aromatic rings. The number of nitrogens with two attached hydrogens (primary N) is 1. The minimum atomic E-state index is -0.391. The normalized spacial score (nSPS) is 11.7. The first-order chi connectivity index (χ1) is 8.95. The van der Waals surface area contributed by atoms with Crippen molar-refractivity contribution in [3.05, 3.63) is 28.8 Å². The number of carbonyl (C=O) groups is 1. The molecule has 0 bridgehead atoms. The van der Waals surface area contributed by atoms with E-state index in [4.69, 9.17) is 29.6 Å². The summed E-state index contributed by atoms with van der Waals surface area (Å²) in [6.45, 7) is 4.43. The lowest BCUT2D eigenvalue weighted by atomic mass is 10.1. The van der Waals surface area contributed by atoms with Gasteiger partial charge in [-0.05, 0) is 31.5 Å². The molecule has 1 amide bonds. The fourth-order valence-electron chi connectivity index (χ4n) is 1.55. The molecule has 1 atom stereocenters. The van der Waals surface area contributed by atoms with E-state index in [-0.39, 0.29) is 10.9 Å². The number of carbonyl (C=O) groups excluding carboxylic acids is 1. The zero-order valence-corrected chi connectivity index (χ0v) is 12.6. The second-order valence-corrected chi connectivity index (χ2v) is 5.09. The van der Waals surface area contributed by atoms with Crippen molar-refractivity contribution < 1.29 is 4.79 Å². The predicted octanol–water partition coefficient (Wildman–Crippen LogP) is 2.30. The van der Waals surface area contributed by atoms with E-state index >= 15 is 0 Å². The maximum absolute atomic E-state index is 11.8. The van der Waals surface area contributed by atoms with E-state index in [1.54, 1.807) is 25.1 Å². The van der Waals surface area contributed by atoms with Crippen molar-refractivity contribution in [3.63, 3.8) is 0 Å². The predicted molar refractivity (Wildman–Crippen MR) is 83.7 cm³/mol. The molecule has 0 aliphatic carbocycles. The van der Waals surface area contributed by atoms with Crippen LogP contribution in [0, 0.1) is 0 Å². The number of anilines is 1.